The van der Waals surface area contributed by atoms with E-state index in [1.807, 2.05) is 78.7 Å². The Kier molecular flexibility index (Phi) is 7.95. The van der Waals surface area contributed by atoms with Gasteiger partial charge in [0.05, 0.1) is 10.0 Å². The maximum Gasteiger partial charge on any atom is 0.254 e. The molecule has 7 heteroatoms. The molecule has 1 spiro atoms. The van der Waals surface area contributed by atoms with Crippen LogP contribution in [-0.4, -0.2) is 50.6 Å². The Morgan fingerprint density at radius 3 is 2.59 bits per heavy atom. The number of hydrogen-bond acceptors (Lipinski definition) is 3. The first-order valence-electron chi connectivity index (χ1n) is 14.3. The first-order valence-corrected chi connectivity index (χ1v) is 15.0. The average molecular weight is 591 g/mol. The molecule has 212 valence electrons. The summed E-state index contributed by atoms with van der Waals surface area (Å²) in [6.07, 6.45) is 2.80. The topological polar surface area (TPSA) is 35.6 Å². The summed E-state index contributed by atoms with van der Waals surface area (Å²) in [7, 11) is 1.87. The summed E-state index contributed by atoms with van der Waals surface area (Å²) < 4.78 is 14.4. The number of carbonyl (C=O) groups is 1. The van der Waals surface area contributed by atoms with Crippen LogP contribution in [0.1, 0.15) is 46.7 Å². The molecule has 1 saturated heterocycles. The van der Waals surface area contributed by atoms with Crippen LogP contribution in [0.3, 0.4) is 0 Å². The van der Waals surface area contributed by atoms with E-state index in [1.54, 1.807) is 12.1 Å². The maximum absolute atomic E-state index is 14.4. The average Bonchev–Trinajstić information content (AvgIpc) is 3.27. The van der Waals surface area contributed by atoms with Gasteiger partial charge >= 0.3 is 0 Å². The molecule has 1 atom stereocenters. The zero-order valence-corrected chi connectivity index (χ0v) is 24.7. The predicted octanol–water partition coefficient (Wildman–Crippen LogP) is 7.67. The lowest BCUT2D eigenvalue weighted by Crippen LogP contribution is -2.43. The van der Waals surface area contributed by atoms with Crippen molar-refractivity contribution in [1.29, 1.82) is 0 Å². The van der Waals surface area contributed by atoms with Crippen molar-refractivity contribution >= 4 is 45.6 Å². The third-order valence-electron chi connectivity index (χ3n) is 8.95. The van der Waals surface area contributed by atoms with E-state index in [-0.39, 0.29) is 23.1 Å². The van der Waals surface area contributed by atoms with Crippen LogP contribution in [0.4, 0.5) is 10.1 Å². The molecule has 6 rings (SSSR count). The number of piperidine rings is 1. The normalized spacial score (nSPS) is 16.6. The van der Waals surface area contributed by atoms with E-state index in [9.17, 15) is 9.18 Å². The molecule has 2 aliphatic rings. The smallest absolute Gasteiger partial charge is 0.254 e. The molecule has 4 nitrogen and oxygen atoms in total. The maximum atomic E-state index is 14.4. The van der Waals surface area contributed by atoms with Crippen molar-refractivity contribution in [1.82, 2.24) is 10.2 Å². The number of rotatable bonds is 7. The zero-order valence-electron chi connectivity index (χ0n) is 23.2. The second-order valence-electron chi connectivity index (χ2n) is 11.5. The molecule has 0 aliphatic carbocycles. The third-order valence-corrected chi connectivity index (χ3v) is 9.69. The second kappa shape index (κ2) is 11.6. The van der Waals surface area contributed by atoms with E-state index in [0.717, 1.165) is 73.0 Å². The highest BCUT2D eigenvalue weighted by Gasteiger charge is 2.43. The number of carbonyl (C=O) groups excluding carboxylic acids is 1. The van der Waals surface area contributed by atoms with Gasteiger partial charge in [-0.2, -0.15) is 0 Å². The van der Waals surface area contributed by atoms with E-state index in [2.05, 4.69) is 10.2 Å². The van der Waals surface area contributed by atoms with Crippen molar-refractivity contribution in [2.45, 2.75) is 30.6 Å². The van der Waals surface area contributed by atoms with Crippen molar-refractivity contribution in [2.24, 2.45) is 0 Å². The highest BCUT2D eigenvalue weighted by Crippen LogP contribution is 2.46. The minimum Gasteiger partial charge on any atom is -0.370 e. The summed E-state index contributed by atoms with van der Waals surface area (Å²) in [5, 5.41) is 6.48. The molecule has 0 unspecified atom stereocenters. The third kappa shape index (κ3) is 5.55. The zero-order chi connectivity index (χ0) is 28.6. The summed E-state index contributed by atoms with van der Waals surface area (Å²) in [5.41, 5.74) is 3.98. The van der Waals surface area contributed by atoms with E-state index < -0.39 is 0 Å². The lowest BCUT2D eigenvalue weighted by molar-refractivity contribution is 0.0787. The first kappa shape index (κ1) is 28.0. The Labute approximate surface area is 251 Å². The molecule has 41 heavy (non-hydrogen) atoms. The Morgan fingerprint density at radius 1 is 1.00 bits per heavy atom. The van der Waals surface area contributed by atoms with Crippen LogP contribution in [0.15, 0.2) is 78.9 Å². The number of nitrogens with zero attached hydrogens (tertiary/aromatic N) is 2. The van der Waals surface area contributed by atoms with Crippen LogP contribution < -0.4 is 10.2 Å². The van der Waals surface area contributed by atoms with Crippen molar-refractivity contribution in [2.75, 3.05) is 44.7 Å². The molecular weight excluding hydrogens is 556 g/mol. The van der Waals surface area contributed by atoms with Gasteiger partial charge in [-0.1, -0.05) is 65.7 Å². The van der Waals surface area contributed by atoms with Crippen molar-refractivity contribution in [3.8, 4) is 0 Å². The number of halogens is 3. The van der Waals surface area contributed by atoms with E-state index >= 15 is 0 Å². The summed E-state index contributed by atoms with van der Waals surface area (Å²) in [5.74, 6) is -0.157. The molecule has 1 amide bonds. The lowest BCUT2D eigenvalue weighted by atomic mass is 9.75. The predicted molar refractivity (Wildman–Crippen MR) is 167 cm³/mol. The number of anilines is 1. The van der Waals surface area contributed by atoms with Gasteiger partial charge in [-0.05, 0) is 90.6 Å². The molecule has 0 aromatic heterocycles. The summed E-state index contributed by atoms with van der Waals surface area (Å²) in [6, 6.07) is 24.8. The molecule has 0 saturated carbocycles. The van der Waals surface area contributed by atoms with Crippen molar-refractivity contribution < 1.29 is 9.18 Å². The Bertz CT molecular complexity index is 1580. The number of nitrogens with one attached hydrogen (secondary N) is 1. The van der Waals surface area contributed by atoms with Crippen LogP contribution in [0.25, 0.3) is 10.8 Å². The SMILES string of the molecule is CN(C[C@@H](CCN1CC2(CCNCC2)c2cc(F)ccc21)c1ccc(Cl)c(Cl)c1)C(=O)c1cccc2ccccc12. The van der Waals surface area contributed by atoms with Crippen molar-refractivity contribution in [3.05, 3.63) is 111 Å². The largest absolute Gasteiger partial charge is 0.370 e. The first-order chi connectivity index (χ1) is 19.8. The molecule has 4 aromatic carbocycles. The fraction of sp³-hybridized carbons (Fsp3) is 0.324. The fourth-order valence-corrected chi connectivity index (χ4v) is 7.06. The Hall–Kier alpha value is -3.12. The molecule has 4 aromatic rings. The molecule has 2 heterocycles. The Balaban J connectivity index is 1.26. The number of amides is 1. The van der Waals surface area contributed by atoms with Crippen molar-refractivity contribution in [3.63, 3.8) is 0 Å². The quantitative estimate of drug-likeness (QED) is 0.240. The molecule has 0 radical (unpaired) electrons. The highest BCUT2D eigenvalue weighted by molar-refractivity contribution is 6.42. The van der Waals surface area contributed by atoms with Gasteiger partial charge in [0.25, 0.3) is 5.91 Å². The van der Waals surface area contributed by atoms with E-state index in [0.29, 0.717) is 22.2 Å². The molecule has 1 N–H and O–H groups in total. The van der Waals surface area contributed by atoms with Gasteiger partial charge in [0.15, 0.2) is 0 Å². The van der Waals surface area contributed by atoms with Crippen LogP contribution in [0, 0.1) is 5.82 Å². The minimum atomic E-state index is -0.175. The standard InChI is InChI=1S/C34H34Cl2FN3O/c1-39(33(41)28-8-4-6-23-5-2-3-7-27(23)28)21-25(24-9-11-30(35)31(36)19-24)13-18-40-22-34(14-16-38-17-15-34)29-20-26(37)10-12-32(29)40/h2-12,19-20,25,38H,13-18,21-22H2,1H3/t25-/m1/s1. The summed E-state index contributed by atoms with van der Waals surface area (Å²) >= 11 is 12.7. The van der Waals surface area contributed by atoms with Gasteiger partial charge in [0.2, 0.25) is 0 Å². The molecule has 1 fully saturated rings. The summed E-state index contributed by atoms with van der Waals surface area (Å²) in [6.45, 7) is 4.08. The van der Waals surface area contributed by atoms with Crippen LogP contribution in [-0.2, 0) is 5.41 Å². The van der Waals surface area contributed by atoms with Gasteiger partial charge in [-0.25, -0.2) is 4.39 Å². The van der Waals surface area contributed by atoms with Gasteiger partial charge in [0.1, 0.15) is 5.82 Å². The van der Waals surface area contributed by atoms with Crippen LogP contribution in [0.5, 0.6) is 0 Å². The highest BCUT2D eigenvalue weighted by atomic mass is 35.5. The minimum absolute atomic E-state index is 0.0116. The van der Waals surface area contributed by atoms with Gasteiger partial charge < -0.3 is 15.1 Å². The molecule has 0 bridgehead atoms. The Morgan fingerprint density at radius 2 is 1.78 bits per heavy atom. The van der Waals surface area contributed by atoms with Gasteiger partial charge in [-0.15, -0.1) is 0 Å². The van der Waals surface area contributed by atoms with Gasteiger partial charge in [-0.3, -0.25) is 4.79 Å². The molecule has 2 aliphatic heterocycles. The van der Waals surface area contributed by atoms with Gasteiger partial charge in [0, 0.05) is 49.3 Å². The number of hydrogen-bond donors (Lipinski definition) is 1. The van der Waals surface area contributed by atoms with Crippen LogP contribution in [0.2, 0.25) is 10.0 Å². The van der Waals surface area contributed by atoms with Crippen LogP contribution >= 0.6 is 23.2 Å². The fourth-order valence-electron chi connectivity index (χ4n) is 6.75. The summed E-state index contributed by atoms with van der Waals surface area (Å²) in [4.78, 5) is 18.0. The number of likely N-dealkylation sites (N-methyl/N-ethyl adjacent to an activating group) is 1. The monoisotopic (exact) mass is 589 g/mol. The number of fused-ring (bicyclic) bond motifs is 3. The van der Waals surface area contributed by atoms with E-state index in [1.165, 1.54) is 0 Å². The lowest BCUT2D eigenvalue weighted by Gasteiger charge is -2.35. The molecular formula is C34H34Cl2FN3O. The second-order valence-corrected chi connectivity index (χ2v) is 12.3. The number of benzene rings is 4. The van der Waals surface area contributed by atoms with E-state index in [4.69, 9.17) is 23.2 Å².